The summed E-state index contributed by atoms with van der Waals surface area (Å²) in [6.45, 7) is 30.0. The maximum absolute atomic E-state index is 10.6. The van der Waals surface area contributed by atoms with Gasteiger partial charge in [0.2, 0.25) is 0 Å². The van der Waals surface area contributed by atoms with Gasteiger partial charge in [0, 0.05) is 5.56 Å². The van der Waals surface area contributed by atoms with Crippen LogP contribution in [0.5, 0.6) is 0 Å². The van der Waals surface area contributed by atoms with Gasteiger partial charge in [-0.3, -0.25) is 4.79 Å². The molecule has 0 aliphatic carbocycles. The Labute approximate surface area is 309 Å². The largest absolute Gasteiger partial charge is 0.744 e. The van der Waals surface area contributed by atoms with Crippen LogP contribution in [-0.4, -0.2) is 93.6 Å². The summed E-state index contributed by atoms with van der Waals surface area (Å²) in [5.74, 6) is 0. The number of benzene rings is 1. The van der Waals surface area contributed by atoms with Gasteiger partial charge in [-0.05, 0) is 69.6 Å². The Bertz CT molecular complexity index is 1090. The van der Waals surface area contributed by atoms with Crippen molar-refractivity contribution in [3.8, 4) is 0 Å². The number of carbonyl (C=O) groups is 1. The third kappa shape index (κ3) is 22.5. The molecule has 1 aromatic rings. The van der Waals surface area contributed by atoms with Crippen molar-refractivity contribution in [2.24, 2.45) is 0 Å². The van der Waals surface area contributed by atoms with Crippen molar-refractivity contribution in [3.05, 3.63) is 23.8 Å². The highest BCUT2D eigenvalue weighted by Gasteiger charge is 2.25. The predicted molar refractivity (Wildman–Crippen MR) is 206 cm³/mol. The molecule has 0 atom stereocenters. The molecule has 0 aromatic heterocycles. The number of rotatable bonds is 27. The predicted octanol–water partition coefficient (Wildman–Crippen LogP) is 9.31. The molecule has 0 heterocycles. The minimum Gasteiger partial charge on any atom is -0.744 e. The third-order valence-electron chi connectivity index (χ3n) is 9.55. The molecule has 0 saturated carbocycles. The summed E-state index contributed by atoms with van der Waals surface area (Å²) in [5, 5.41) is 0. The highest BCUT2D eigenvalue weighted by Crippen LogP contribution is 2.19. The van der Waals surface area contributed by atoms with E-state index in [9.17, 15) is 30.7 Å². The number of hydrogen-bond donors (Lipinski definition) is 0. The van der Waals surface area contributed by atoms with Crippen LogP contribution in [0.3, 0.4) is 0 Å². The first-order valence-corrected chi connectivity index (χ1v) is 22.7. The molecule has 9 nitrogen and oxygen atoms in total. The monoisotopic (exact) mass is 749 g/mol. The summed E-state index contributed by atoms with van der Waals surface area (Å²) in [7, 11) is -9.69. The van der Waals surface area contributed by atoms with Gasteiger partial charge >= 0.3 is 0 Å². The normalized spacial score (nSPS) is 12.1. The van der Waals surface area contributed by atoms with Gasteiger partial charge in [-0.15, -0.1) is 0 Å². The zero-order valence-corrected chi connectivity index (χ0v) is 35.0. The van der Waals surface area contributed by atoms with Crippen LogP contribution in [0.25, 0.3) is 0 Å². The Hall–Kier alpha value is -1.37. The molecule has 11 heteroatoms. The van der Waals surface area contributed by atoms with Gasteiger partial charge in [0.1, 0.15) is 20.2 Å². The fourth-order valence-corrected chi connectivity index (χ4v) is 7.43. The van der Waals surface area contributed by atoms with Gasteiger partial charge < -0.3 is 18.1 Å². The highest BCUT2D eigenvalue weighted by molar-refractivity contribution is 7.86. The molecule has 0 bridgehead atoms. The van der Waals surface area contributed by atoms with Gasteiger partial charge in [0.05, 0.1) is 62.1 Å². The molecular formula is C39H76N2O7S2. The summed E-state index contributed by atoms with van der Waals surface area (Å²) in [4.78, 5) is 8.81. The quantitative estimate of drug-likeness (QED) is 0.0498. The molecule has 0 fully saturated rings. The van der Waals surface area contributed by atoms with Crippen LogP contribution < -0.4 is 0 Å². The molecule has 1 rings (SSSR count). The maximum Gasteiger partial charge on any atom is 0.151 e. The highest BCUT2D eigenvalue weighted by atomic mass is 32.2. The Morgan fingerprint density at radius 3 is 0.920 bits per heavy atom. The molecule has 296 valence electrons. The fourth-order valence-electron chi connectivity index (χ4n) is 6.29. The van der Waals surface area contributed by atoms with Gasteiger partial charge in [0.25, 0.3) is 0 Å². The lowest BCUT2D eigenvalue weighted by Crippen LogP contribution is -2.50. The van der Waals surface area contributed by atoms with E-state index in [1.807, 2.05) is 0 Å². The number of nitrogens with zero attached hydrogens (tertiary/aromatic N) is 2. The lowest BCUT2D eigenvalue weighted by atomic mass is 10.1. The van der Waals surface area contributed by atoms with Crippen LogP contribution in [0, 0.1) is 0 Å². The topological polar surface area (TPSA) is 131 Å². The summed E-state index contributed by atoms with van der Waals surface area (Å²) in [6, 6.07) is 1.80. The second-order valence-electron chi connectivity index (χ2n) is 14.0. The summed E-state index contributed by atoms with van der Waals surface area (Å²) < 4.78 is 66.4. The van der Waals surface area contributed by atoms with E-state index in [-0.39, 0.29) is 6.29 Å². The van der Waals surface area contributed by atoms with Crippen LogP contribution in [0.2, 0.25) is 0 Å². The van der Waals surface area contributed by atoms with Gasteiger partial charge in [-0.1, -0.05) is 107 Å². The van der Waals surface area contributed by atoms with Gasteiger partial charge in [-0.25, -0.2) is 16.8 Å². The Morgan fingerprint density at radius 2 is 0.740 bits per heavy atom. The molecule has 1 aromatic carbocycles. The van der Waals surface area contributed by atoms with Crippen LogP contribution in [0.1, 0.15) is 168 Å². The molecule has 0 spiro atoms. The number of aldehydes is 1. The van der Waals surface area contributed by atoms with Crippen molar-refractivity contribution < 1.29 is 39.7 Å². The van der Waals surface area contributed by atoms with Crippen LogP contribution in [0.4, 0.5) is 0 Å². The lowest BCUT2D eigenvalue weighted by molar-refractivity contribution is -0.929. The Morgan fingerprint density at radius 1 is 0.480 bits per heavy atom. The zero-order valence-electron chi connectivity index (χ0n) is 33.3. The van der Waals surface area contributed by atoms with Crippen molar-refractivity contribution in [1.82, 2.24) is 0 Å². The SMILES string of the molecule is CCCC[N+](CCCC)(CCCC)CCCC.CCCC[N+](CCCC)(CCCC)CCCC.O=Cc1cc(S(=O)(=O)[O-])ccc1S(=O)(=O)[O-]. The summed E-state index contributed by atoms with van der Waals surface area (Å²) >= 11 is 0. The van der Waals surface area contributed by atoms with Gasteiger partial charge in [0.15, 0.2) is 6.29 Å². The standard InChI is InChI=1S/2C16H36N.C7H6O7S2/c2*1-5-9-13-17(14-10-6-2,15-11-7-3)16-12-8-4;8-4-5-3-6(15(9,10)11)1-2-7(5)16(12,13)14/h2*5-16H2,1-4H3;1-4H,(H,9,10,11)(H,12,13,14)/q2*+1;/p-2. The first kappa shape index (κ1) is 50.7. The van der Waals surface area contributed by atoms with E-state index in [1.54, 1.807) is 0 Å². The van der Waals surface area contributed by atoms with E-state index in [4.69, 9.17) is 0 Å². The Kier molecular flexibility index (Phi) is 29.6. The molecule has 0 aliphatic heterocycles. The van der Waals surface area contributed by atoms with E-state index >= 15 is 0 Å². The second-order valence-corrected chi connectivity index (χ2v) is 16.8. The van der Waals surface area contributed by atoms with E-state index in [2.05, 4.69) is 55.4 Å². The second kappa shape index (κ2) is 29.1. The van der Waals surface area contributed by atoms with Crippen molar-refractivity contribution in [3.63, 3.8) is 0 Å². The van der Waals surface area contributed by atoms with Crippen molar-refractivity contribution in [1.29, 1.82) is 0 Å². The molecular weight excluding hydrogens is 673 g/mol. The van der Waals surface area contributed by atoms with Crippen LogP contribution in [-0.2, 0) is 20.2 Å². The van der Waals surface area contributed by atoms with Crippen LogP contribution >= 0.6 is 0 Å². The molecule has 0 saturated heterocycles. The smallest absolute Gasteiger partial charge is 0.151 e. The van der Waals surface area contributed by atoms with E-state index in [1.165, 1.54) is 164 Å². The molecule has 0 unspecified atom stereocenters. The lowest BCUT2D eigenvalue weighted by Gasteiger charge is -2.39. The first-order valence-electron chi connectivity index (χ1n) is 19.9. The number of hydrogen-bond acceptors (Lipinski definition) is 7. The third-order valence-corrected chi connectivity index (χ3v) is 11.3. The molecule has 0 radical (unpaired) electrons. The zero-order chi connectivity index (χ0) is 38.5. The minimum absolute atomic E-state index is 0.0144. The summed E-state index contributed by atoms with van der Waals surface area (Å²) in [5.41, 5.74) is -0.660. The molecule has 0 N–H and O–H groups in total. The number of carbonyl (C=O) groups excluding carboxylic acids is 1. The number of unbranched alkanes of at least 4 members (excludes halogenated alkanes) is 8. The maximum atomic E-state index is 10.6. The summed E-state index contributed by atoms with van der Waals surface area (Å²) in [6.07, 6.45) is 22.1. The van der Waals surface area contributed by atoms with Crippen molar-refractivity contribution in [2.45, 2.75) is 168 Å². The van der Waals surface area contributed by atoms with Gasteiger partial charge in [-0.2, -0.15) is 0 Å². The Balaban J connectivity index is 0. The van der Waals surface area contributed by atoms with E-state index in [0.717, 1.165) is 0 Å². The molecule has 0 amide bonds. The van der Waals surface area contributed by atoms with Crippen molar-refractivity contribution in [2.75, 3.05) is 52.4 Å². The average molecular weight is 749 g/mol. The molecule has 50 heavy (non-hydrogen) atoms. The minimum atomic E-state index is -4.89. The average Bonchev–Trinajstić information content (AvgIpc) is 3.09. The first-order chi connectivity index (χ1) is 23.6. The van der Waals surface area contributed by atoms with E-state index < -0.39 is 35.6 Å². The van der Waals surface area contributed by atoms with Crippen molar-refractivity contribution >= 4 is 26.5 Å². The number of quaternary nitrogens is 2. The fraction of sp³-hybridized carbons (Fsp3) is 0.821. The van der Waals surface area contributed by atoms with E-state index in [0.29, 0.717) is 18.2 Å². The molecule has 0 aliphatic rings. The van der Waals surface area contributed by atoms with Crippen LogP contribution in [0.15, 0.2) is 28.0 Å².